The highest BCUT2D eigenvalue weighted by atomic mass is 35.5. The summed E-state index contributed by atoms with van der Waals surface area (Å²) >= 11 is 6.04. The molecule has 1 N–H and O–H groups in total. The number of amides is 1. The second-order valence-corrected chi connectivity index (χ2v) is 6.65. The summed E-state index contributed by atoms with van der Waals surface area (Å²) in [5.41, 5.74) is 2.87. The van der Waals surface area contributed by atoms with Gasteiger partial charge in [-0.25, -0.2) is 4.39 Å². The van der Waals surface area contributed by atoms with Crippen molar-refractivity contribution >= 4 is 34.3 Å². The largest absolute Gasteiger partial charge is 0.495 e. The number of furan rings is 1. The molecule has 0 aliphatic heterocycles. The molecule has 0 radical (unpaired) electrons. The summed E-state index contributed by atoms with van der Waals surface area (Å²) in [4.78, 5) is 13.0. The van der Waals surface area contributed by atoms with Crippen molar-refractivity contribution in [2.24, 2.45) is 0 Å². The first-order chi connectivity index (χ1) is 13.5. The lowest BCUT2D eigenvalue weighted by atomic mass is 10.2. The Labute approximate surface area is 165 Å². The van der Waals surface area contributed by atoms with Crippen molar-refractivity contribution in [3.8, 4) is 5.75 Å². The number of benzene rings is 2. The average molecular weight is 399 g/mol. The standard InChI is InChI=1S/C21H16ClFN2O3/c1-27-19-6-5-14(22)10-16(19)24-21(26)18-11-20-17(7-8-28-20)25(18)12-13-3-2-4-15(23)9-13/h2-11H,12H2,1H3,(H,24,26). The van der Waals surface area contributed by atoms with Gasteiger partial charge in [0.25, 0.3) is 5.91 Å². The third-order valence-corrected chi connectivity index (χ3v) is 4.63. The maximum Gasteiger partial charge on any atom is 0.272 e. The third kappa shape index (κ3) is 3.46. The number of hydrogen-bond donors (Lipinski definition) is 1. The molecule has 4 rings (SSSR count). The normalized spacial score (nSPS) is 11.0. The highest BCUT2D eigenvalue weighted by molar-refractivity contribution is 6.31. The summed E-state index contributed by atoms with van der Waals surface area (Å²) in [6.07, 6.45) is 1.55. The Bertz CT molecular complexity index is 1170. The molecule has 0 unspecified atom stereocenters. The number of carbonyl (C=O) groups is 1. The zero-order valence-electron chi connectivity index (χ0n) is 14.9. The Kier molecular flexibility index (Phi) is 4.79. The Hall–Kier alpha value is -3.25. The van der Waals surface area contributed by atoms with Crippen molar-refractivity contribution in [3.63, 3.8) is 0 Å². The SMILES string of the molecule is COc1ccc(Cl)cc1NC(=O)c1cc2occc2n1Cc1cccc(F)c1. The van der Waals surface area contributed by atoms with Gasteiger partial charge in [0.15, 0.2) is 5.58 Å². The topological polar surface area (TPSA) is 56.4 Å². The van der Waals surface area contributed by atoms with Crippen LogP contribution < -0.4 is 10.1 Å². The Morgan fingerprint density at radius 1 is 1.21 bits per heavy atom. The van der Waals surface area contributed by atoms with E-state index in [9.17, 15) is 9.18 Å². The number of nitrogens with zero attached hydrogens (tertiary/aromatic N) is 1. The number of fused-ring (bicyclic) bond motifs is 1. The first-order valence-corrected chi connectivity index (χ1v) is 8.89. The number of ether oxygens (including phenoxy) is 1. The van der Waals surface area contributed by atoms with Crippen LogP contribution in [0.15, 0.2) is 65.3 Å². The minimum Gasteiger partial charge on any atom is -0.495 e. The second-order valence-electron chi connectivity index (χ2n) is 6.21. The number of carbonyl (C=O) groups excluding carboxylic acids is 1. The molecule has 0 aliphatic carbocycles. The fourth-order valence-corrected chi connectivity index (χ4v) is 3.29. The Morgan fingerprint density at radius 3 is 2.86 bits per heavy atom. The van der Waals surface area contributed by atoms with E-state index in [1.54, 1.807) is 53.3 Å². The molecule has 0 spiro atoms. The predicted molar refractivity (Wildman–Crippen MR) is 106 cm³/mol. The van der Waals surface area contributed by atoms with E-state index in [4.69, 9.17) is 20.8 Å². The maximum atomic E-state index is 13.6. The van der Waals surface area contributed by atoms with Crippen LogP contribution in [-0.4, -0.2) is 17.6 Å². The summed E-state index contributed by atoms with van der Waals surface area (Å²) in [7, 11) is 1.51. The van der Waals surface area contributed by atoms with Crippen LogP contribution in [0, 0.1) is 5.82 Å². The van der Waals surface area contributed by atoms with E-state index in [1.807, 2.05) is 0 Å². The smallest absolute Gasteiger partial charge is 0.272 e. The summed E-state index contributed by atoms with van der Waals surface area (Å²) in [6, 6.07) is 14.6. The van der Waals surface area contributed by atoms with Crippen molar-refractivity contribution in [1.82, 2.24) is 4.57 Å². The number of anilines is 1. The molecule has 0 atom stereocenters. The van der Waals surface area contributed by atoms with Crippen LogP contribution in [0.4, 0.5) is 10.1 Å². The van der Waals surface area contributed by atoms with Gasteiger partial charge in [-0.3, -0.25) is 4.79 Å². The van der Waals surface area contributed by atoms with Gasteiger partial charge in [0.1, 0.15) is 17.3 Å². The molecule has 0 saturated carbocycles. The molecule has 0 saturated heterocycles. The van der Waals surface area contributed by atoms with Gasteiger partial charge in [0.2, 0.25) is 0 Å². The van der Waals surface area contributed by atoms with Crippen LogP contribution in [0.25, 0.3) is 11.1 Å². The molecule has 0 fully saturated rings. The minimum absolute atomic E-state index is 0.316. The Morgan fingerprint density at radius 2 is 2.07 bits per heavy atom. The molecule has 142 valence electrons. The van der Waals surface area contributed by atoms with Crippen LogP contribution in [-0.2, 0) is 6.54 Å². The fourth-order valence-electron chi connectivity index (χ4n) is 3.12. The molecule has 2 aromatic heterocycles. The number of methoxy groups -OCH3 is 1. The van der Waals surface area contributed by atoms with Gasteiger partial charge in [0.05, 0.1) is 24.6 Å². The fraction of sp³-hybridized carbons (Fsp3) is 0.0952. The zero-order chi connectivity index (χ0) is 19.7. The summed E-state index contributed by atoms with van der Waals surface area (Å²) < 4.78 is 26.1. The first-order valence-electron chi connectivity index (χ1n) is 8.51. The molecule has 5 nitrogen and oxygen atoms in total. The van der Waals surface area contributed by atoms with Crippen LogP contribution in [0.5, 0.6) is 5.75 Å². The van der Waals surface area contributed by atoms with Gasteiger partial charge in [-0.15, -0.1) is 0 Å². The van der Waals surface area contributed by atoms with Crippen LogP contribution in [0.2, 0.25) is 5.02 Å². The Balaban J connectivity index is 1.71. The van der Waals surface area contributed by atoms with Crippen molar-refractivity contribution < 1.29 is 18.3 Å². The van der Waals surface area contributed by atoms with E-state index in [1.165, 1.54) is 19.2 Å². The molecule has 0 aliphatic rings. The van der Waals surface area contributed by atoms with Crippen molar-refractivity contribution in [3.05, 3.63) is 83.0 Å². The lowest BCUT2D eigenvalue weighted by Crippen LogP contribution is -2.18. The molecular formula is C21H16ClFN2O3. The highest BCUT2D eigenvalue weighted by Crippen LogP contribution is 2.29. The lowest BCUT2D eigenvalue weighted by Gasteiger charge is -2.13. The molecule has 1 amide bonds. The van der Waals surface area contributed by atoms with Crippen LogP contribution in [0.3, 0.4) is 0 Å². The average Bonchev–Trinajstić information content (AvgIpc) is 3.25. The van der Waals surface area contributed by atoms with E-state index in [0.29, 0.717) is 34.3 Å². The maximum absolute atomic E-state index is 13.6. The first kappa shape index (κ1) is 18.1. The van der Waals surface area contributed by atoms with Gasteiger partial charge in [-0.2, -0.15) is 0 Å². The van der Waals surface area contributed by atoms with Crippen LogP contribution >= 0.6 is 11.6 Å². The number of nitrogens with one attached hydrogen (secondary N) is 1. The number of rotatable bonds is 5. The number of halogens is 2. The van der Waals surface area contributed by atoms with E-state index >= 15 is 0 Å². The summed E-state index contributed by atoms with van der Waals surface area (Å²) in [5, 5.41) is 3.29. The van der Waals surface area contributed by atoms with E-state index in [2.05, 4.69) is 5.32 Å². The van der Waals surface area contributed by atoms with Crippen molar-refractivity contribution in [1.29, 1.82) is 0 Å². The quantitative estimate of drug-likeness (QED) is 0.494. The lowest BCUT2D eigenvalue weighted by molar-refractivity contribution is 0.101. The zero-order valence-corrected chi connectivity index (χ0v) is 15.7. The summed E-state index contributed by atoms with van der Waals surface area (Å²) in [5.74, 6) is -0.198. The van der Waals surface area contributed by atoms with Crippen LogP contribution in [0.1, 0.15) is 16.1 Å². The van der Waals surface area contributed by atoms with Gasteiger partial charge in [-0.05, 0) is 35.9 Å². The summed E-state index contributed by atoms with van der Waals surface area (Å²) in [6.45, 7) is 0.316. The molecule has 2 heterocycles. The highest BCUT2D eigenvalue weighted by Gasteiger charge is 2.19. The molecule has 4 aromatic rings. The minimum atomic E-state index is -0.358. The van der Waals surface area contributed by atoms with Crippen molar-refractivity contribution in [2.75, 3.05) is 12.4 Å². The molecule has 28 heavy (non-hydrogen) atoms. The third-order valence-electron chi connectivity index (χ3n) is 4.39. The van der Waals surface area contributed by atoms with Gasteiger partial charge in [0, 0.05) is 23.7 Å². The molecular weight excluding hydrogens is 383 g/mol. The monoisotopic (exact) mass is 398 g/mol. The van der Waals surface area contributed by atoms with Gasteiger partial charge >= 0.3 is 0 Å². The molecule has 0 bridgehead atoms. The molecule has 2 aromatic carbocycles. The second kappa shape index (κ2) is 7.40. The van der Waals surface area contributed by atoms with E-state index in [-0.39, 0.29) is 11.7 Å². The number of hydrogen-bond acceptors (Lipinski definition) is 3. The van der Waals surface area contributed by atoms with E-state index in [0.717, 1.165) is 11.1 Å². The van der Waals surface area contributed by atoms with Gasteiger partial charge in [-0.1, -0.05) is 23.7 Å². The predicted octanol–water partition coefficient (Wildman–Crippen LogP) is 5.34. The number of aromatic nitrogens is 1. The molecule has 7 heteroatoms. The van der Waals surface area contributed by atoms with Gasteiger partial charge < -0.3 is 19.0 Å². The van der Waals surface area contributed by atoms with E-state index < -0.39 is 0 Å². The van der Waals surface area contributed by atoms with Crippen molar-refractivity contribution in [2.45, 2.75) is 6.54 Å².